The van der Waals surface area contributed by atoms with Crippen molar-refractivity contribution in [2.24, 2.45) is 0 Å². The molecule has 2 aromatic carbocycles. The van der Waals surface area contributed by atoms with E-state index in [4.69, 9.17) is 21.7 Å². The fourth-order valence-corrected chi connectivity index (χ4v) is 4.76. The quantitative estimate of drug-likeness (QED) is 0.381. The van der Waals surface area contributed by atoms with Crippen LogP contribution in [-0.4, -0.2) is 33.8 Å². The maximum absolute atomic E-state index is 5.85. The Labute approximate surface area is 204 Å². The van der Waals surface area contributed by atoms with Crippen molar-refractivity contribution in [3.63, 3.8) is 0 Å². The minimum Gasteiger partial charge on any atom is -0.497 e. The number of nitrogens with one attached hydrogen (secondary N) is 1. The number of hydrogen-bond acceptors (Lipinski definition) is 4. The van der Waals surface area contributed by atoms with Crippen molar-refractivity contribution in [3.8, 4) is 17.2 Å². The van der Waals surface area contributed by atoms with Gasteiger partial charge in [-0.05, 0) is 66.3 Å². The Morgan fingerprint density at radius 3 is 2.47 bits per heavy atom. The fourth-order valence-electron chi connectivity index (χ4n) is 4.46. The summed E-state index contributed by atoms with van der Waals surface area (Å²) in [5, 5.41) is 4.24. The van der Waals surface area contributed by atoms with Crippen LogP contribution in [0.25, 0.3) is 5.69 Å². The highest BCUT2D eigenvalue weighted by Gasteiger charge is 2.41. The number of thiocarbonyl (C=S) groups is 1. The summed E-state index contributed by atoms with van der Waals surface area (Å²) in [7, 11) is 3.36. The maximum Gasteiger partial charge on any atom is 0.170 e. The van der Waals surface area contributed by atoms with Gasteiger partial charge in [-0.15, -0.1) is 0 Å². The summed E-state index contributed by atoms with van der Waals surface area (Å²) in [6, 6.07) is 26.2. The van der Waals surface area contributed by atoms with E-state index in [0.29, 0.717) is 11.7 Å². The zero-order chi connectivity index (χ0) is 23.5. The molecule has 1 N–H and O–H groups in total. The zero-order valence-corrected chi connectivity index (χ0v) is 19.9. The minimum atomic E-state index is -0.0915. The third-order valence-corrected chi connectivity index (χ3v) is 6.48. The second-order valence-corrected chi connectivity index (χ2v) is 8.49. The number of nitrogens with zero attached hydrogens (tertiary/aromatic N) is 3. The van der Waals surface area contributed by atoms with Crippen molar-refractivity contribution in [3.05, 3.63) is 108 Å². The van der Waals surface area contributed by atoms with Gasteiger partial charge in [0.25, 0.3) is 0 Å². The van der Waals surface area contributed by atoms with E-state index in [9.17, 15) is 0 Å². The van der Waals surface area contributed by atoms with Crippen LogP contribution in [0.15, 0.2) is 91.3 Å². The molecule has 6 nitrogen and oxygen atoms in total. The molecule has 1 aliphatic rings. The summed E-state index contributed by atoms with van der Waals surface area (Å²) in [5.74, 6) is 1.65. The van der Waals surface area contributed by atoms with Gasteiger partial charge >= 0.3 is 0 Å². The number of methoxy groups -OCH3 is 2. The van der Waals surface area contributed by atoms with Crippen LogP contribution in [0.4, 0.5) is 0 Å². The van der Waals surface area contributed by atoms with Gasteiger partial charge in [-0.1, -0.05) is 24.3 Å². The molecule has 1 saturated heterocycles. The van der Waals surface area contributed by atoms with Crippen molar-refractivity contribution in [2.45, 2.75) is 18.6 Å². The highest BCUT2D eigenvalue weighted by atomic mass is 32.1. The molecular weight excluding hydrogens is 444 g/mol. The lowest BCUT2D eigenvalue weighted by Crippen LogP contribution is -2.30. The second-order valence-electron chi connectivity index (χ2n) is 8.11. The van der Waals surface area contributed by atoms with Gasteiger partial charge in [0.1, 0.15) is 11.5 Å². The van der Waals surface area contributed by atoms with Crippen LogP contribution < -0.4 is 14.8 Å². The molecule has 2 unspecified atom stereocenters. The summed E-state index contributed by atoms with van der Waals surface area (Å²) in [5.41, 5.74) is 4.24. The SMILES string of the molecule is COc1ccc(CN2C(=S)NC(c3ccccn3)C2c2cccn2-c2cccc(OC)c2)cc1. The van der Waals surface area contributed by atoms with Crippen LogP contribution >= 0.6 is 12.2 Å². The summed E-state index contributed by atoms with van der Waals surface area (Å²) in [6.45, 7) is 0.660. The summed E-state index contributed by atoms with van der Waals surface area (Å²) < 4.78 is 13.0. The Bertz CT molecular complexity index is 1270. The lowest BCUT2D eigenvalue weighted by Gasteiger charge is -2.29. The molecule has 0 aliphatic carbocycles. The molecule has 2 atom stereocenters. The monoisotopic (exact) mass is 470 g/mol. The van der Waals surface area contributed by atoms with Crippen molar-refractivity contribution in [1.82, 2.24) is 19.8 Å². The molecule has 7 heteroatoms. The average Bonchev–Trinajstić information content (AvgIpc) is 3.49. The van der Waals surface area contributed by atoms with Gasteiger partial charge in [-0.3, -0.25) is 4.98 Å². The van der Waals surface area contributed by atoms with Crippen molar-refractivity contribution >= 4 is 17.3 Å². The molecule has 0 radical (unpaired) electrons. The van der Waals surface area contributed by atoms with E-state index >= 15 is 0 Å². The van der Waals surface area contributed by atoms with Gasteiger partial charge in [0.15, 0.2) is 5.11 Å². The Kier molecular flexibility index (Phi) is 6.18. The molecule has 0 spiro atoms. The fraction of sp³-hybridized carbons (Fsp3) is 0.185. The average molecular weight is 471 g/mol. The number of benzene rings is 2. The van der Waals surface area contributed by atoms with E-state index in [1.54, 1.807) is 14.2 Å². The first-order chi connectivity index (χ1) is 16.7. The highest BCUT2D eigenvalue weighted by molar-refractivity contribution is 7.80. The molecule has 0 amide bonds. The molecule has 2 aromatic heterocycles. The van der Waals surface area contributed by atoms with Crippen LogP contribution in [-0.2, 0) is 6.54 Å². The van der Waals surface area contributed by atoms with E-state index in [-0.39, 0.29) is 12.1 Å². The summed E-state index contributed by atoms with van der Waals surface area (Å²) in [4.78, 5) is 6.89. The van der Waals surface area contributed by atoms with E-state index in [0.717, 1.165) is 34.1 Å². The molecule has 0 saturated carbocycles. The molecule has 4 aromatic rings. The molecule has 34 heavy (non-hydrogen) atoms. The largest absolute Gasteiger partial charge is 0.497 e. The summed E-state index contributed by atoms with van der Waals surface area (Å²) >= 11 is 5.85. The lowest BCUT2D eigenvalue weighted by atomic mass is 10.0. The molecule has 1 fully saturated rings. The van der Waals surface area contributed by atoms with Gasteiger partial charge in [-0.25, -0.2) is 0 Å². The predicted octanol–water partition coefficient (Wildman–Crippen LogP) is 5.06. The van der Waals surface area contributed by atoms with E-state index in [2.05, 4.69) is 56.3 Å². The number of hydrogen-bond donors (Lipinski definition) is 1. The van der Waals surface area contributed by atoms with Crippen LogP contribution in [0.2, 0.25) is 0 Å². The first-order valence-electron chi connectivity index (χ1n) is 11.1. The first kappa shape index (κ1) is 22.0. The van der Waals surface area contributed by atoms with Crippen LogP contribution in [0.5, 0.6) is 11.5 Å². The van der Waals surface area contributed by atoms with Gasteiger partial charge in [-0.2, -0.15) is 0 Å². The van der Waals surface area contributed by atoms with E-state index in [1.165, 1.54) is 0 Å². The normalized spacial score (nSPS) is 17.5. The van der Waals surface area contributed by atoms with Crippen molar-refractivity contribution < 1.29 is 9.47 Å². The maximum atomic E-state index is 5.85. The van der Waals surface area contributed by atoms with Crippen LogP contribution in [0.1, 0.15) is 29.0 Å². The Balaban J connectivity index is 1.57. The second kappa shape index (κ2) is 9.57. The van der Waals surface area contributed by atoms with Gasteiger partial charge < -0.3 is 24.3 Å². The third-order valence-electron chi connectivity index (χ3n) is 6.12. The number of ether oxygens (including phenoxy) is 2. The third kappa shape index (κ3) is 4.22. The lowest BCUT2D eigenvalue weighted by molar-refractivity contribution is 0.302. The Hall–Kier alpha value is -3.84. The highest BCUT2D eigenvalue weighted by Crippen LogP contribution is 2.40. The van der Waals surface area contributed by atoms with Crippen LogP contribution in [0, 0.1) is 0 Å². The Morgan fingerprint density at radius 2 is 1.74 bits per heavy atom. The Morgan fingerprint density at radius 1 is 0.912 bits per heavy atom. The molecule has 172 valence electrons. The predicted molar refractivity (Wildman–Crippen MR) is 136 cm³/mol. The van der Waals surface area contributed by atoms with Crippen molar-refractivity contribution in [2.75, 3.05) is 14.2 Å². The first-order valence-corrected chi connectivity index (χ1v) is 11.5. The molecular formula is C27H26N4O2S. The zero-order valence-electron chi connectivity index (χ0n) is 19.1. The topological polar surface area (TPSA) is 51.5 Å². The van der Waals surface area contributed by atoms with Gasteiger partial charge in [0.05, 0.1) is 32.0 Å². The van der Waals surface area contributed by atoms with Gasteiger partial charge in [0.2, 0.25) is 0 Å². The standard InChI is InChI=1S/C27H26N4O2S/c1-32-21-13-11-19(12-14-21)18-31-26(25(29-27(31)34)23-9-3-4-15-28-23)24-10-6-16-30(24)20-7-5-8-22(17-20)33-2/h3-17,25-26H,18H2,1-2H3,(H,29,34). The number of rotatable bonds is 7. The molecule has 0 bridgehead atoms. The summed E-state index contributed by atoms with van der Waals surface area (Å²) in [6.07, 6.45) is 3.90. The van der Waals surface area contributed by atoms with Crippen molar-refractivity contribution in [1.29, 1.82) is 0 Å². The van der Waals surface area contributed by atoms with E-state index in [1.807, 2.05) is 54.7 Å². The minimum absolute atomic E-state index is 0.0642. The van der Waals surface area contributed by atoms with Gasteiger partial charge in [0, 0.05) is 36.4 Å². The molecule has 1 aliphatic heterocycles. The number of pyridine rings is 1. The smallest absolute Gasteiger partial charge is 0.170 e. The molecule has 5 rings (SSSR count). The number of aromatic nitrogens is 2. The molecule has 3 heterocycles. The van der Waals surface area contributed by atoms with E-state index < -0.39 is 0 Å². The van der Waals surface area contributed by atoms with Crippen LogP contribution in [0.3, 0.4) is 0 Å².